The zero-order chi connectivity index (χ0) is 36.0. The number of hydrogen-bond acceptors (Lipinski definition) is 2. The van der Waals surface area contributed by atoms with Crippen LogP contribution in [0.2, 0.25) is 0 Å². The Morgan fingerprint density at radius 2 is 1.15 bits per heavy atom. The van der Waals surface area contributed by atoms with Crippen molar-refractivity contribution >= 4 is 70.4 Å². The lowest BCUT2D eigenvalue weighted by Gasteiger charge is -2.30. The fourth-order valence-corrected chi connectivity index (χ4v) is 10.4. The molecule has 1 aliphatic rings. The lowest BCUT2D eigenvalue weighted by molar-refractivity contribution is 0.660. The lowest BCUT2D eigenvalue weighted by atomic mass is 9.82. The quantitative estimate of drug-likeness (QED) is 0.173. The van der Waals surface area contributed by atoms with Gasteiger partial charge in [0.1, 0.15) is 0 Å². The van der Waals surface area contributed by atoms with Gasteiger partial charge < -0.3 is 9.47 Å². The number of fused-ring (bicyclic) bond motifs is 9. The molecular weight excluding hydrogens is 673 g/mol. The maximum atomic E-state index is 2.54. The molecule has 0 atom stereocenters. The predicted molar refractivity (Wildman–Crippen MR) is 231 cm³/mol. The van der Waals surface area contributed by atoms with E-state index in [1.165, 1.54) is 81.0 Å². The van der Waals surface area contributed by atoms with Crippen LogP contribution in [0.15, 0.2) is 182 Å². The van der Waals surface area contributed by atoms with E-state index in [1.54, 1.807) is 0 Å². The SMILES string of the molecule is CC1(C)c2ccccc2-c2c(N(c3cccc(-c4cccc5c4sc4ccccc45)c3)c3cccc4c3c3ccccc3n4-c3ccccc3)cccc21. The molecule has 0 aliphatic heterocycles. The second-order valence-corrected chi connectivity index (χ2v) is 15.9. The molecule has 0 N–H and O–H groups in total. The topological polar surface area (TPSA) is 8.17 Å². The summed E-state index contributed by atoms with van der Waals surface area (Å²) in [6.07, 6.45) is 0. The molecule has 0 saturated carbocycles. The van der Waals surface area contributed by atoms with Gasteiger partial charge in [-0.3, -0.25) is 0 Å². The minimum atomic E-state index is -0.123. The number of rotatable bonds is 5. The molecule has 0 spiro atoms. The van der Waals surface area contributed by atoms with Crippen molar-refractivity contribution in [2.24, 2.45) is 0 Å². The van der Waals surface area contributed by atoms with Crippen molar-refractivity contribution in [3.63, 3.8) is 0 Å². The van der Waals surface area contributed by atoms with Gasteiger partial charge in [0.05, 0.1) is 22.4 Å². The molecular formula is C51H36N2S. The summed E-state index contributed by atoms with van der Waals surface area (Å²) in [7, 11) is 0. The monoisotopic (exact) mass is 708 g/mol. The molecule has 11 rings (SSSR count). The molecule has 2 nitrogen and oxygen atoms in total. The van der Waals surface area contributed by atoms with E-state index in [4.69, 9.17) is 0 Å². The van der Waals surface area contributed by atoms with Gasteiger partial charge in [0.15, 0.2) is 0 Å². The Bertz CT molecular complexity index is 3090. The average Bonchev–Trinajstić information content (AvgIpc) is 3.85. The summed E-state index contributed by atoms with van der Waals surface area (Å²) >= 11 is 1.89. The van der Waals surface area contributed by atoms with Crippen molar-refractivity contribution in [2.75, 3.05) is 4.90 Å². The summed E-state index contributed by atoms with van der Waals surface area (Å²) in [5.41, 5.74) is 14.7. The smallest absolute Gasteiger partial charge is 0.0562 e. The average molecular weight is 709 g/mol. The maximum absolute atomic E-state index is 2.54. The van der Waals surface area contributed by atoms with Crippen LogP contribution in [-0.4, -0.2) is 4.57 Å². The van der Waals surface area contributed by atoms with Crippen molar-refractivity contribution in [3.05, 3.63) is 193 Å². The van der Waals surface area contributed by atoms with Crippen LogP contribution >= 0.6 is 11.3 Å². The molecule has 2 heterocycles. The number of para-hydroxylation sites is 2. The van der Waals surface area contributed by atoms with Crippen molar-refractivity contribution in [1.82, 2.24) is 4.57 Å². The molecule has 0 amide bonds. The highest BCUT2D eigenvalue weighted by atomic mass is 32.1. The third-order valence-corrected chi connectivity index (χ3v) is 12.8. The fourth-order valence-electron chi connectivity index (χ4n) is 9.16. The zero-order valence-corrected chi connectivity index (χ0v) is 30.9. The number of anilines is 3. The Kier molecular flexibility index (Phi) is 6.80. The normalized spacial score (nSPS) is 13.1. The van der Waals surface area contributed by atoms with Crippen LogP contribution in [0.5, 0.6) is 0 Å². The van der Waals surface area contributed by atoms with Crippen molar-refractivity contribution < 1.29 is 0 Å². The highest BCUT2D eigenvalue weighted by molar-refractivity contribution is 7.26. The molecule has 0 unspecified atom stereocenters. The van der Waals surface area contributed by atoms with E-state index >= 15 is 0 Å². The van der Waals surface area contributed by atoms with Gasteiger partial charge in [0.2, 0.25) is 0 Å². The van der Waals surface area contributed by atoms with E-state index in [9.17, 15) is 0 Å². The molecule has 256 valence electrons. The van der Waals surface area contributed by atoms with E-state index in [0.717, 1.165) is 17.1 Å². The van der Waals surface area contributed by atoms with Crippen LogP contribution in [0.1, 0.15) is 25.0 Å². The Labute approximate surface area is 318 Å². The van der Waals surface area contributed by atoms with Crippen LogP contribution in [0.3, 0.4) is 0 Å². The Morgan fingerprint density at radius 1 is 0.500 bits per heavy atom. The lowest BCUT2D eigenvalue weighted by Crippen LogP contribution is -2.16. The first-order chi connectivity index (χ1) is 26.6. The maximum Gasteiger partial charge on any atom is 0.0562 e. The van der Waals surface area contributed by atoms with E-state index in [1.807, 2.05) is 11.3 Å². The van der Waals surface area contributed by atoms with E-state index in [2.05, 4.69) is 205 Å². The second-order valence-electron chi connectivity index (χ2n) is 14.9. The van der Waals surface area contributed by atoms with Crippen molar-refractivity contribution in [3.8, 4) is 27.9 Å². The highest BCUT2D eigenvalue weighted by Crippen LogP contribution is 2.55. The first kappa shape index (κ1) is 31.1. The third kappa shape index (κ3) is 4.46. The summed E-state index contributed by atoms with van der Waals surface area (Å²) in [5, 5.41) is 5.10. The van der Waals surface area contributed by atoms with Crippen LogP contribution in [0.25, 0.3) is 69.9 Å². The molecule has 8 aromatic carbocycles. The number of hydrogen-bond donors (Lipinski definition) is 0. The Balaban J connectivity index is 1.22. The van der Waals surface area contributed by atoms with Crippen molar-refractivity contribution in [2.45, 2.75) is 19.3 Å². The third-order valence-electron chi connectivity index (χ3n) is 11.6. The standard InChI is InChI=1S/C51H36N2S/c1-51(2)41-25-9-6-21-39(41)48-42(51)26-14-28-44(48)53(35-19-12-16-33(32-35)36-23-13-24-38-37-20-8-11-31-47(37)54-50(36)38)46-30-15-29-45-49(46)40-22-7-10-27-43(40)52(45)34-17-4-3-5-18-34/h3-32H,1-2H3. The minimum absolute atomic E-state index is 0.123. The van der Waals surface area contributed by atoms with Crippen LogP contribution in [0, 0.1) is 0 Å². The van der Waals surface area contributed by atoms with Gasteiger partial charge in [0.25, 0.3) is 0 Å². The molecule has 3 heteroatoms. The molecule has 0 fully saturated rings. The van der Waals surface area contributed by atoms with Gasteiger partial charge in [0, 0.05) is 53.3 Å². The largest absolute Gasteiger partial charge is 0.309 e. The number of thiophene rings is 1. The molecule has 1 aliphatic carbocycles. The summed E-state index contributed by atoms with van der Waals surface area (Å²) in [4.78, 5) is 2.54. The highest BCUT2D eigenvalue weighted by Gasteiger charge is 2.38. The van der Waals surface area contributed by atoms with Crippen LogP contribution in [0.4, 0.5) is 17.1 Å². The van der Waals surface area contributed by atoms with Gasteiger partial charge in [-0.15, -0.1) is 11.3 Å². The number of aromatic nitrogens is 1. The first-order valence-corrected chi connectivity index (χ1v) is 19.5. The second kappa shape index (κ2) is 11.8. The van der Waals surface area contributed by atoms with Gasteiger partial charge >= 0.3 is 0 Å². The molecule has 54 heavy (non-hydrogen) atoms. The van der Waals surface area contributed by atoms with E-state index in [0.29, 0.717) is 0 Å². The van der Waals surface area contributed by atoms with Gasteiger partial charge in [-0.1, -0.05) is 141 Å². The van der Waals surface area contributed by atoms with Crippen LogP contribution < -0.4 is 4.90 Å². The van der Waals surface area contributed by atoms with Crippen LogP contribution in [-0.2, 0) is 5.41 Å². The number of benzene rings is 8. The molecule has 0 radical (unpaired) electrons. The van der Waals surface area contributed by atoms with E-state index in [-0.39, 0.29) is 5.41 Å². The molecule has 0 saturated heterocycles. The first-order valence-electron chi connectivity index (χ1n) is 18.7. The van der Waals surface area contributed by atoms with Gasteiger partial charge in [-0.25, -0.2) is 0 Å². The zero-order valence-electron chi connectivity index (χ0n) is 30.1. The van der Waals surface area contributed by atoms with Gasteiger partial charge in [-0.2, -0.15) is 0 Å². The predicted octanol–water partition coefficient (Wildman–Crippen LogP) is 14.6. The summed E-state index contributed by atoms with van der Waals surface area (Å²) < 4.78 is 5.06. The van der Waals surface area contributed by atoms with Gasteiger partial charge in [-0.05, 0) is 82.4 Å². The Morgan fingerprint density at radius 3 is 2.06 bits per heavy atom. The molecule has 10 aromatic rings. The summed E-state index contributed by atoms with van der Waals surface area (Å²) in [6, 6.07) is 67.1. The molecule has 0 bridgehead atoms. The number of nitrogens with zero attached hydrogens (tertiary/aromatic N) is 2. The van der Waals surface area contributed by atoms with E-state index < -0.39 is 0 Å². The minimum Gasteiger partial charge on any atom is -0.309 e. The summed E-state index contributed by atoms with van der Waals surface area (Å²) in [5.74, 6) is 0. The Hall–Kier alpha value is -6.42. The fraction of sp³-hybridized carbons (Fsp3) is 0.0588. The summed E-state index contributed by atoms with van der Waals surface area (Å²) in [6.45, 7) is 4.73. The molecule has 2 aromatic heterocycles. The van der Waals surface area contributed by atoms with Crippen molar-refractivity contribution in [1.29, 1.82) is 0 Å².